The molecule has 0 fully saturated rings. The second-order valence-electron chi connectivity index (χ2n) is 4.67. The first-order valence-corrected chi connectivity index (χ1v) is 7.29. The lowest BCUT2D eigenvalue weighted by atomic mass is 10.1. The van der Waals surface area contributed by atoms with E-state index in [4.69, 9.17) is 0 Å². The third kappa shape index (κ3) is 2.61. The normalized spacial score (nSPS) is 10.8. The van der Waals surface area contributed by atoms with Crippen LogP contribution in [0.1, 0.15) is 18.1 Å². The number of anilines is 2. The summed E-state index contributed by atoms with van der Waals surface area (Å²) in [5.41, 5.74) is 4.78. The van der Waals surface area contributed by atoms with Crippen molar-refractivity contribution in [1.82, 2.24) is 4.98 Å². The van der Waals surface area contributed by atoms with E-state index in [0.717, 1.165) is 22.8 Å². The Labute approximate surface area is 117 Å². The van der Waals surface area contributed by atoms with Crippen LogP contribution in [0.25, 0.3) is 10.2 Å². The standard InChI is InChI=1S/C16H16N2S/c1-3-12-5-4-6-13(10-12)17-16-18-14-8-7-11(2)9-15(14)19-16/h4-10H,3H2,1-2H3,(H,17,18). The molecule has 1 N–H and O–H groups in total. The molecule has 0 aliphatic rings. The first-order chi connectivity index (χ1) is 9.24. The quantitative estimate of drug-likeness (QED) is 0.730. The van der Waals surface area contributed by atoms with Crippen molar-refractivity contribution >= 4 is 32.4 Å². The van der Waals surface area contributed by atoms with Crippen LogP contribution in [0.2, 0.25) is 0 Å². The molecule has 0 aliphatic heterocycles. The van der Waals surface area contributed by atoms with E-state index in [0.29, 0.717) is 0 Å². The molecule has 0 saturated carbocycles. The van der Waals surface area contributed by atoms with E-state index < -0.39 is 0 Å². The van der Waals surface area contributed by atoms with Crippen molar-refractivity contribution in [3.05, 3.63) is 53.6 Å². The summed E-state index contributed by atoms with van der Waals surface area (Å²) in [4.78, 5) is 4.61. The van der Waals surface area contributed by atoms with Crippen LogP contribution >= 0.6 is 11.3 Å². The number of rotatable bonds is 3. The topological polar surface area (TPSA) is 24.9 Å². The Balaban J connectivity index is 1.92. The first kappa shape index (κ1) is 12.2. The van der Waals surface area contributed by atoms with E-state index in [2.05, 4.69) is 66.6 Å². The highest BCUT2D eigenvalue weighted by Crippen LogP contribution is 2.29. The van der Waals surface area contributed by atoms with Gasteiger partial charge in [-0.1, -0.05) is 36.5 Å². The van der Waals surface area contributed by atoms with Gasteiger partial charge in [0.15, 0.2) is 5.13 Å². The Hall–Kier alpha value is -1.87. The highest BCUT2D eigenvalue weighted by molar-refractivity contribution is 7.22. The van der Waals surface area contributed by atoms with Crippen LogP contribution in [-0.4, -0.2) is 4.98 Å². The summed E-state index contributed by atoms with van der Waals surface area (Å²) in [5.74, 6) is 0. The molecule has 2 nitrogen and oxygen atoms in total. The van der Waals surface area contributed by atoms with Crippen LogP contribution in [0.5, 0.6) is 0 Å². The fourth-order valence-electron chi connectivity index (χ4n) is 2.08. The maximum absolute atomic E-state index is 4.61. The lowest BCUT2D eigenvalue weighted by molar-refractivity contribution is 1.14. The number of aromatic nitrogens is 1. The zero-order valence-corrected chi connectivity index (χ0v) is 11.9. The third-order valence-corrected chi connectivity index (χ3v) is 4.06. The van der Waals surface area contributed by atoms with E-state index in [-0.39, 0.29) is 0 Å². The molecule has 0 aliphatic carbocycles. The van der Waals surface area contributed by atoms with Gasteiger partial charge in [-0.25, -0.2) is 4.98 Å². The van der Waals surface area contributed by atoms with Gasteiger partial charge >= 0.3 is 0 Å². The molecule has 3 heteroatoms. The molecule has 96 valence electrons. The Morgan fingerprint density at radius 1 is 1.16 bits per heavy atom. The minimum absolute atomic E-state index is 0.953. The summed E-state index contributed by atoms with van der Waals surface area (Å²) in [7, 11) is 0. The van der Waals surface area contributed by atoms with Crippen molar-refractivity contribution in [2.24, 2.45) is 0 Å². The van der Waals surface area contributed by atoms with E-state index >= 15 is 0 Å². The maximum atomic E-state index is 4.61. The van der Waals surface area contributed by atoms with Crippen molar-refractivity contribution in [3.8, 4) is 0 Å². The van der Waals surface area contributed by atoms with Crippen LogP contribution in [-0.2, 0) is 6.42 Å². The Morgan fingerprint density at radius 3 is 2.89 bits per heavy atom. The Kier molecular flexibility index (Phi) is 3.22. The minimum Gasteiger partial charge on any atom is -0.332 e. The number of nitrogens with one attached hydrogen (secondary N) is 1. The minimum atomic E-state index is 0.953. The molecule has 3 aromatic rings. The van der Waals surface area contributed by atoms with Gasteiger partial charge in [0.25, 0.3) is 0 Å². The molecule has 0 atom stereocenters. The number of thiazole rings is 1. The molecule has 0 radical (unpaired) electrons. The second-order valence-corrected chi connectivity index (χ2v) is 5.70. The largest absolute Gasteiger partial charge is 0.332 e. The molecular weight excluding hydrogens is 252 g/mol. The van der Waals surface area contributed by atoms with Crippen molar-refractivity contribution in [2.75, 3.05) is 5.32 Å². The molecule has 0 spiro atoms. The fourth-order valence-corrected chi connectivity index (χ4v) is 3.06. The first-order valence-electron chi connectivity index (χ1n) is 6.48. The van der Waals surface area contributed by atoms with E-state index in [1.807, 2.05) is 0 Å². The number of benzene rings is 2. The van der Waals surface area contributed by atoms with Gasteiger partial charge in [0.2, 0.25) is 0 Å². The predicted molar refractivity (Wildman–Crippen MR) is 83.5 cm³/mol. The van der Waals surface area contributed by atoms with Crippen molar-refractivity contribution < 1.29 is 0 Å². The Morgan fingerprint density at radius 2 is 2.05 bits per heavy atom. The van der Waals surface area contributed by atoms with Gasteiger partial charge in [0.1, 0.15) is 0 Å². The van der Waals surface area contributed by atoms with Gasteiger partial charge in [-0.3, -0.25) is 0 Å². The molecule has 2 aromatic carbocycles. The van der Waals surface area contributed by atoms with Gasteiger partial charge in [-0.05, 0) is 48.7 Å². The monoisotopic (exact) mass is 268 g/mol. The maximum Gasteiger partial charge on any atom is 0.188 e. The van der Waals surface area contributed by atoms with Crippen LogP contribution in [0, 0.1) is 6.92 Å². The van der Waals surface area contributed by atoms with Gasteiger partial charge in [-0.15, -0.1) is 0 Å². The Bertz CT molecular complexity index is 716. The molecule has 0 amide bonds. The number of hydrogen-bond acceptors (Lipinski definition) is 3. The highest BCUT2D eigenvalue weighted by atomic mass is 32.1. The number of aryl methyl sites for hydroxylation is 2. The predicted octanol–water partition coefficient (Wildman–Crippen LogP) is 4.91. The second kappa shape index (κ2) is 5.02. The molecule has 1 heterocycles. The molecular formula is C16H16N2S. The number of hydrogen-bond donors (Lipinski definition) is 1. The molecule has 0 saturated heterocycles. The van der Waals surface area contributed by atoms with Gasteiger partial charge in [-0.2, -0.15) is 0 Å². The molecule has 1 aromatic heterocycles. The summed E-state index contributed by atoms with van der Waals surface area (Å²) in [5, 5.41) is 4.35. The van der Waals surface area contributed by atoms with Crippen molar-refractivity contribution in [3.63, 3.8) is 0 Å². The number of nitrogens with zero attached hydrogens (tertiary/aromatic N) is 1. The van der Waals surface area contributed by atoms with Gasteiger partial charge in [0, 0.05) is 5.69 Å². The number of fused-ring (bicyclic) bond motifs is 1. The van der Waals surface area contributed by atoms with E-state index in [1.54, 1.807) is 11.3 Å². The van der Waals surface area contributed by atoms with Crippen LogP contribution in [0.4, 0.5) is 10.8 Å². The summed E-state index contributed by atoms with van der Waals surface area (Å²) >= 11 is 1.70. The zero-order chi connectivity index (χ0) is 13.2. The molecule has 19 heavy (non-hydrogen) atoms. The molecule has 3 rings (SSSR count). The van der Waals surface area contributed by atoms with Crippen molar-refractivity contribution in [1.29, 1.82) is 0 Å². The smallest absolute Gasteiger partial charge is 0.188 e. The highest BCUT2D eigenvalue weighted by Gasteiger charge is 2.04. The van der Waals surface area contributed by atoms with Crippen molar-refractivity contribution in [2.45, 2.75) is 20.3 Å². The van der Waals surface area contributed by atoms with E-state index in [1.165, 1.54) is 15.8 Å². The van der Waals surface area contributed by atoms with Gasteiger partial charge in [0.05, 0.1) is 10.2 Å². The van der Waals surface area contributed by atoms with Crippen LogP contribution < -0.4 is 5.32 Å². The summed E-state index contributed by atoms with van der Waals surface area (Å²) in [6.07, 6.45) is 1.05. The molecule has 0 unspecified atom stereocenters. The third-order valence-electron chi connectivity index (χ3n) is 3.13. The van der Waals surface area contributed by atoms with Crippen LogP contribution in [0.3, 0.4) is 0 Å². The summed E-state index contributed by atoms with van der Waals surface area (Å²) < 4.78 is 1.23. The summed E-state index contributed by atoms with van der Waals surface area (Å²) in [6, 6.07) is 14.8. The van der Waals surface area contributed by atoms with Crippen LogP contribution in [0.15, 0.2) is 42.5 Å². The lowest BCUT2D eigenvalue weighted by Crippen LogP contribution is -1.90. The SMILES string of the molecule is CCc1cccc(Nc2nc3ccc(C)cc3s2)c1. The average Bonchev–Trinajstić information content (AvgIpc) is 2.80. The average molecular weight is 268 g/mol. The zero-order valence-electron chi connectivity index (χ0n) is 11.1. The molecule has 0 bridgehead atoms. The lowest BCUT2D eigenvalue weighted by Gasteiger charge is -2.03. The van der Waals surface area contributed by atoms with E-state index in [9.17, 15) is 0 Å². The fraction of sp³-hybridized carbons (Fsp3) is 0.188. The van der Waals surface area contributed by atoms with Gasteiger partial charge < -0.3 is 5.32 Å². The summed E-state index contributed by atoms with van der Waals surface area (Å²) in [6.45, 7) is 4.27.